The molecule has 0 aliphatic carbocycles. The van der Waals surface area contributed by atoms with Gasteiger partial charge in [0.2, 0.25) is 0 Å². The van der Waals surface area contributed by atoms with E-state index in [-0.39, 0.29) is 23.0 Å². The summed E-state index contributed by atoms with van der Waals surface area (Å²) < 4.78 is 0. The molecule has 8 heteroatoms. The predicted molar refractivity (Wildman–Crippen MR) is 95.0 cm³/mol. The first-order valence-corrected chi connectivity index (χ1v) is 8.11. The van der Waals surface area contributed by atoms with Gasteiger partial charge in [0.25, 0.3) is 0 Å². The molecule has 0 saturated heterocycles. The summed E-state index contributed by atoms with van der Waals surface area (Å²) in [5, 5.41) is 44.2. The molecule has 2 atom stereocenters. The van der Waals surface area contributed by atoms with Crippen LogP contribution in [0.2, 0.25) is 0 Å². The van der Waals surface area contributed by atoms with Gasteiger partial charge in [0.1, 0.15) is 12.2 Å². The third kappa shape index (κ3) is 4.99. The Labute approximate surface area is 151 Å². The highest BCUT2D eigenvalue weighted by molar-refractivity contribution is 5.42. The zero-order valence-corrected chi connectivity index (χ0v) is 14.6. The molecule has 6 N–H and O–H groups in total. The Kier molecular flexibility index (Phi) is 7.05. The molecular weight excluding hydrogens is 340 g/mol. The van der Waals surface area contributed by atoms with Crippen LogP contribution in [0.4, 0.5) is 0 Å². The lowest BCUT2D eigenvalue weighted by Crippen LogP contribution is -2.24. The van der Waals surface area contributed by atoms with E-state index in [1.807, 2.05) is 0 Å². The van der Waals surface area contributed by atoms with Crippen molar-refractivity contribution in [2.75, 3.05) is 27.2 Å². The van der Waals surface area contributed by atoms with Crippen molar-refractivity contribution in [3.8, 4) is 23.0 Å². The van der Waals surface area contributed by atoms with Gasteiger partial charge in [0.15, 0.2) is 23.0 Å². The van der Waals surface area contributed by atoms with Crippen LogP contribution in [0.5, 0.6) is 23.0 Å². The van der Waals surface area contributed by atoms with Gasteiger partial charge in [-0.25, -0.2) is 9.78 Å². The smallest absolute Gasteiger partial charge is 0.157 e. The lowest BCUT2D eigenvalue weighted by atomic mass is 10.1. The monoisotopic (exact) mass is 364 g/mol. The lowest BCUT2D eigenvalue weighted by molar-refractivity contribution is -0.354. The van der Waals surface area contributed by atoms with E-state index in [1.165, 1.54) is 24.3 Å². The number of aromatic hydroxyl groups is 4. The lowest BCUT2D eigenvalue weighted by Gasteiger charge is -2.22. The molecule has 0 bridgehead atoms. The maximum atomic E-state index is 9.69. The summed E-state index contributed by atoms with van der Waals surface area (Å²) in [7, 11) is 3.50. The molecule has 0 aliphatic rings. The molecule has 0 saturated carbocycles. The molecule has 0 aliphatic heterocycles. The van der Waals surface area contributed by atoms with Crippen LogP contribution >= 0.6 is 0 Å². The molecule has 0 spiro atoms. The van der Waals surface area contributed by atoms with Crippen molar-refractivity contribution in [3.05, 3.63) is 47.5 Å². The van der Waals surface area contributed by atoms with Gasteiger partial charge in [-0.15, -0.1) is 0 Å². The first-order valence-electron chi connectivity index (χ1n) is 8.11. The fourth-order valence-electron chi connectivity index (χ4n) is 2.40. The van der Waals surface area contributed by atoms with E-state index in [0.29, 0.717) is 24.2 Å². The van der Waals surface area contributed by atoms with E-state index in [2.05, 4.69) is 10.6 Å². The third-order valence-electron chi connectivity index (χ3n) is 3.81. The highest BCUT2D eigenvalue weighted by Gasteiger charge is 2.20. The minimum Gasteiger partial charge on any atom is -0.504 e. The molecule has 0 unspecified atom stereocenters. The van der Waals surface area contributed by atoms with Gasteiger partial charge >= 0.3 is 0 Å². The van der Waals surface area contributed by atoms with Crippen LogP contribution in [0.3, 0.4) is 0 Å². The number of rotatable bonds is 9. The minimum absolute atomic E-state index is 0.217. The fraction of sp³-hybridized carbons (Fsp3) is 0.333. The van der Waals surface area contributed by atoms with Crippen molar-refractivity contribution in [2.24, 2.45) is 0 Å². The molecular formula is C18H24N2O6. The molecule has 0 radical (unpaired) electrons. The van der Waals surface area contributed by atoms with Gasteiger partial charge in [0.05, 0.1) is 0 Å². The molecule has 8 nitrogen and oxygen atoms in total. The van der Waals surface area contributed by atoms with Crippen molar-refractivity contribution < 1.29 is 30.2 Å². The number of hydrogen-bond donors (Lipinski definition) is 6. The molecule has 0 aromatic heterocycles. The summed E-state index contributed by atoms with van der Waals surface area (Å²) in [6, 6.07) is 8.81. The summed E-state index contributed by atoms with van der Waals surface area (Å²) in [5.74, 6) is -0.930. The highest BCUT2D eigenvalue weighted by Crippen LogP contribution is 2.32. The molecule has 0 fully saturated rings. The first kappa shape index (κ1) is 19.8. The average molecular weight is 364 g/mol. The Morgan fingerprint density at radius 2 is 1.08 bits per heavy atom. The van der Waals surface area contributed by atoms with Gasteiger partial charge in [-0.3, -0.25) is 0 Å². The van der Waals surface area contributed by atoms with Crippen LogP contribution in [0.15, 0.2) is 36.4 Å². The van der Waals surface area contributed by atoms with Gasteiger partial charge in [-0.05, 0) is 49.5 Å². The zero-order chi connectivity index (χ0) is 19.1. The standard InChI is InChI=1S/C18H24N2O6/c1-19-9-17(11-3-5-13(21)15(23)7-11)25-26-18(10-20-2)12-4-6-14(22)16(24)8-12/h3-8,17-24H,9-10H2,1-2H3/t17-,18-/m0/s1. The Morgan fingerprint density at radius 1 is 0.692 bits per heavy atom. The Morgan fingerprint density at radius 3 is 1.38 bits per heavy atom. The number of nitrogens with one attached hydrogen (secondary N) is 2. The van der Waals surface area contributed by atoms with E-state index in [4.69, 9.17) is 9.78 Å². The van der Waals surface area contributed by atoms with Gasteiger partial charge in [0, 0.05) is 13.1 Å². The molecule has 142 valence electrons. The molecule has 2 rings (SSSR count). The molecule has 0 heterocycles. The van der Waals surface area contributed by atoms with E-state index in [1.54, 1.807) is 26.2 Å². The topological polar surface area (TPSA) is 123 Å². The summed E-state index contributed by atoms with van der Waals surface area (Å²) in [6.45, 7) is 0.800. The largest absolute Gasteiger partial charge is 0.504 e. The van der Waals surface area contributed by atoms with Crippen LogP contribution in [0.1, 0.15) is 23.3 Å². The maximum absolute atomic E-state index is 9.69. The van der Waals surface area contributed by atoms with Crippen molar-refractivity contribution in [1.29, 1.82) is 0 Å². The van der Waals surface area contributed by atoms with Gasteiger partial charge in [-0.1, -0.05) is 12.1 Å². The van der Waals surface area contributed by atoms with Crippen LogP contribution in [-0.4, -0.2) is 47.6 Å². The summed E-state index contributed by atoms with van der Waals surface area (Å²) in [5.41, 5.74) is 1.23. The second kappa shape index (κ2) is 9.25. The molecule has 2 aromatic rings. The quantitative estimate of drug-likeness (QED) is 0.226. The van der Waals surface area contributed by atoms with E-state index in [9.17, 15) is 20.4 Å². The SMILES string of the molecule is CNC[C@H](OO[C@@H](CNC)c1ccc(O)c(O)c1)c1ccc(O)c(O)c1. The van der Waals surface area contributed by atoms with Gasteiger partial charge < -0.3 is 31.1 Å². The second-order valence-electron chi connectivity index (χ2n) is 5.78. The Bertz CT molecular complexity index is 663. The van der Waals surface area contributed by atoms with Crippen LogP contribution in [0.25, 0.3) is 0 Å². The van der Waals surface area contributed by atoms with Gasteiger partial charge in [-0.2, -0.15) is 0 Å². The average Bonchev–Trinajstić information content (AvgIpc) is 2.62. The van der Waals surface area contributed by atoms with E-state index >= 15 is 0 Å². The van der Waals surface area contributed by atoms with Crippen LogP contribution in [0, 0.1) is 0 Å². The zero-order valence-electron chi connectivity index (χ0n) is 14.6. The van der Waals surface area contributed by atoms with E-state index < -0.39 is 12.2 Å². The molecule has 2 aromatic carbocycles. The first-order chi connectivity index (χ1) is 12.5. The Balaban J connectivity index is 2.15. The maximum Gasteiger partial charge on any atom is 0.157 e. The number of benzene rings is 2. The summed E-state index contributed by atoms with van der Waals surface area (Å²) in [4.78, 5) is 11.1. The summed E-state index contributed by atoms with van der Waals surface area (Å²) in [6.07, 6.45) is -1.09. The highest BCUT2D eigenvalue weighted by atomic mass is 17.2. The number of phenolic OH excluding ortho intramolecular Hbond substituents is 4. The number of likely N-dealkylation sites (N-methyl/N-ethyl adjacent to an activating group) is 2. The predicted octanol–water partition coefficient (Wildman–Crippen LogP) is 1.68. The van der Waals surface area contributed by atoms with Crippen molar-refractivity contribution in [3.63, 3.8) is 0 Å². The van der Waals surface area contributed by atoms with Crippen molar-refractivity contribution >= 4 is 0 Å². The second-order valence-corrected chi connectivity index (χ2v) is 5.78. The number of hydrogen-bond acceptors (Lipinski definition) is 8. The van der Waals surface area contributed by atoms with Crippen molar-refractivity contribution in [1.82, 2.24) is 10.6 Å². The van der Waals surface area contributed by atoms with Crippen LogP contribution in [-0.2, 0) is 9.78 Å². The normalized spacial score (nSPS) is 13.5. The summed E-state index contributed by atoms with van der Waals surface area (Å²) >= 11 is 0. The molecule has 0 amide bonds. The molecule has 26 heavy (non-hydrogen) atoms. The van der Waals surface area contributed by atoms with Crippen molar-refractivity contribution in [2.45, 2.75) is 12.2 Å². The van der Waals surface area contributed by atoms with E-state index in [0.717, 1.165) is 0 Å². The minimum atomic E-state index is -0.545. The number of phenols is 4. The third-order valence-corrected chi connectivity index (χ3v) is 3.81. The van der Waals surface area contributed by atoms with Crippen LogP contribution < -0.4 is 10.6 Å². The fourth-order valence-corrected chi connectivity index (χ4v) is 2.40. The Hall–Kier alpha value is -2.52.